The summed E-state index contributed by atoms with van der Waals surface area (Å²) in [5.74, 6) is -5.02. The van der Waals surface area contributed by atoms with E-state index >= 15 is 0 Å². The van der Waals surface area contributed by atoms with Gasteiger partial charge in [-0.3, -0.25) is 14.9 Å². The Morgan fingerprint density at radius 2 is 2.06 bits per heavy atom. The highest BCUT2D eigenvalue weighted by molar-refractivity contribution is 5.88. The fourth-order valence-electron chi connectivity index (χ4n) is 2.11. The summed E-state index contributed by atoms with van der Waals surface area (Å²) in [6.45, 7) is 1.46. The maximum atomic E-state index is 13.4. The second-order valence-corrected chi connectivity index (χ2v) is 4.35. The summed E-state index contributed by atoms with van der Waals surface area (Å²) < 4.78 is 26.7. The number of aryl methyl sites for hydroxylation is 1. The second-order valence-electron chi connectivity index (χ2n) is 4.35. The first kappa shape index (κ1) is 12.4. The molecule has 1 N–H and O–H groups in total. The summed E-state index contributed by atoms with van der Waals surface area (Å²) in [4.78, 5) is 21.0. The van der Waals surface area contributed by atoms with Crippen molar-refractivity contribution in [3.05, 3.63) is 39.4 Å². The highest BCUT2D eigenvalue weighted by Gasteiger charge is 2.77. The molecule has 0 bridgehead atoms. The number of nitrogens with zero attached hydrogens (tertiary/aromatic N) is 1. The minimum absolute atomic E-state index is 0.186. The predicted octanol–water partition coefficient (Wildman–Crippen LogP) is 2.26. The SMILES string of the molecule is Cc1ccc([N+](=O)[O-])cc1C1(C(=O)O)CC1(F)F. The molecule has 1 fully saturated rings. The molecule has 0 radical (unpaired) electrons. The van der Waals surface area contributed by atoms with Crippen LogP contribution in [0, 0.1) is 17.0 Å². The number of carboxylic acids is 1. The highest BCUT2D eigenvalue weighted by Crippen LogP contribution is 2.62. The molecule has 1 aromatic carbocycles. The van der Waals surface area contributed by atoms with E-state index in [9.17, 15) is 23.7 Å². The Balaban J connectivity index is 2.61. The number of nitro groups is 1. The maximum Gasteiger partial charge on any atom is 0.320 e. The smallest absolute Gasteiger partial charge is 0.320 e. The van der Waals surface area contributed by atoms with Gasteiger partial charge in [-0.25, -0.2) is 8.78 Å². The van der Waals surface area contributed by atoms with E-state index in [4.69, 9.17) is 5.11 Å². The third-order valence-corrected chi connectivity index (χ3v) is 3.24. The maximum absolute atomic E-state index is 13.4. The van der Waals surface area contributed by atoms with E-state index in [-0.39, 0.29) is 11.3 Å². The van der Waals surface area contributed by atoms with Crippen LogP contribution in [0.15, 0.2) is 18.2 Å². The largest absolute Gasteiger partial charge is 0.480 e. The number of alkyl halides is 2. The van der Waals surface area contributed by atoms with Gasteiger partial charge in [0.25, 0.3) is 11.6 Å². The van der Waals surface area contributed by atoms with Gasteiger partial charge < -0.3 is 5.11 Å². The molecule has 0 amide bonds. The summed E-state index contributed by atoms with van der Waals surface area (Å²) in [5.41, 5.74) is -2.59. The average molecular weight is 257 g/mol. The lowest BCUT2D eigenvalue weighted by Gasteiger charge is -2.14. The Hall–Kier alpha value is -2.05. The highest BCUT2D eigenvalue weighted by atomic mass is 19.3. The van der Waals surface area contributed by atoms with Crippen molar-refractivity contribution in [1.29, 1.82) is 0 Å². The minimum Gasteiger partial charge on any atom is -0.480 e. The number of halogens is 2. The molecule has 1 atom stereocenters. The number of carbonyl (C=O) groups is 1. The molecule has 0 saturated heterocycles. The molecule has 0 aromatic heterocycles. The lowest BCUT2D eigenvalue weighted by Crippen LogP contribution is -2.28. The average Bonchev–Trinajstić information content (AvgIpc) is 2.83. The summed E-state index contributed by atoms with van der Waals surface area (Å²) in [6.07, 6.45) is -0.822. The molecule has 1 aliphatic carbocycles. The van der Waals surface area contributed by atoms with E-state index in [2.05, 4.69) is 0 Å². The zero-order chi connectivity index (χ0) is 13.7. The first-order chi connectivity index (χ1) is 8.22. The van der Waals surface area contributed by atoms with Crippen molar-refractivity contribution < 1.29 is 23.6 Å². The minimum atomic E-state index is -3.36. The summed E-state index contributed by atoms with van der Waals surface area (Å²) in [6, 6.07) is 3.37. The Morgan fingerprint density at radius 3 is 2.44 bits per heavy atom. The summed E-state index contributed by atoms with van der Waals surface area (Å²) in [5, 5.41) is 19.6. The molecule has 1 aliphatic rings. The molecule has 1 unspecified atom stereocenters. The Bertz CT molecular complexity index is 558. The first-order valence-electron chi connectivity index (χ1n) is 5.09. The van der Waals surface area contributed by atoms with Crippen LogP contribution in [0.5, 0.6) is 0 Å². The molecule has 5 nitrogen and oxygen atoms in total. The van der Waals surface area contributed by atoms with Crippen molar-refractivity contribution in [2.75, 3.05) is 0 Å². The normalized spacial score (nSPS) is 24.6. The van der Waals surface area contributed by atoms with Crippen LogP contribution in [0.4, 0.5) is 14.5 Å². The topological polar surface area (TPSA) is 80.4 Å². The molecule has 7 heteroatoms. The molecule has 18 heavy (non-hydrogen) atoms. The third-order valence-electron chi connectivity index (χ3n) is 3.24. The van der Waals surface area contributed by atoms with Gasteiger partial charge in [0, 0.05) is 18.6 Å². The zero-order valence-corrected chi connectivity index (χ0v) is 9.31. The van der Waals surface area contributed by atoms with Crippen molar-refractivity contribution in [3.63, 3.8) is 0 Å². The number of carboxylic acid groups (broad SMARTS) is 1. The van der Waals surface area contributed by atoms with Gasteiger partial charge in [-0.2, -0.15) is 0 Å². The number of hydrogen-bond acceptors (Lipinski definition) is 3. The lowest BCUT2D eigenvalue weighted by atomic mass is 9.91. The van der Waals surface area contributed by atoms with Crippen LogP contribution in [0.25, 0.3) is 0 Å². The Kier molecular flexibility index (Phi) is 2.39. The lowest BCUT2D eigenvalue weighted by molar-refractivity contribution is -0.384. The zero-order valence-electron chi connectivity index (χ0n) is 9.31. The van der Waals surface area contributed by atoms with E-state index in [0.717, 1.165) is 12.1 Å². The van der Waals surface area contributed by atoms with Crippen LogP contribution >= 0.6 is 0 Å². The molecule has 0 aliphatic heterocycles. The van der Waals surface area contributed by atoms with Crippen LogP contribution in [0.1, 0.15) is 17.5 Å². The van der Waals surface area contributed by atoms with E-state index < -0.39 is 28.7 Å². The Morgan fingerprint density at radius 1 is 1.50 bits per heavy atom. The van der Waals surface area contributed by atoms with Crippen molar-refractivity contribution in [1.82, 2.24) is 0 Å². The Labute approximate surface area is 100 Å². The van der Waals surface area contributed by atoms with E-state index in [1.54, 1.807) is 0 Å². The van der Waals surface area contributed by atoms with Gasteiger partial charge >= 0.3 is 5.97 Å². The molecular weight excluding hydrogens is 248 g/mol. The quantitative estimate of drug-likeness (QED) is 0.665. The van der Waals surface area contributed by atoms with Crippen molar-refractivity contribution >= 4 is 11.7 Å². The van der Waals surface area contributed by atoms with E-state index in [0.29, 0.717) is 5.56 Å². The third kappa shape index (κ3) is 1.47. The first-order valence-corrected chi connectivity index (χ1v) is 5.09. The van der Waals surface area contributed by atoms with Gasteiger partial charge in [-0.1, -0.05) is 6.07 Å². The van der Waals surface area contributed by atoms with E-state index in [1.165, 1.54) is 13.0 Å². The molecule has 0 spiro atoms. The molecule has 1 saturated carbocycles. The molecule has 0 heterocycles. The molecule has 2 rings (SSSR count). The summed E-state index contributed by atoms with van der Waals surface area (Å²) >= 11 is 0. The fourth-order valence-corrected chi connectivity index (χ4v) is 2.11. The van der Waals surface area contributed by atoms with Gasteiger partial charge in [-0.15, -0.1) is 0 Å². The van der Waals surface area contributed by atoms with Gasteiger partial charge in [-0.05, 0) is 18.1 Å². The van der Waals surface area contributed by atoms with Gasteiger partial charge in [0.05, 0.1) is 4.92 Å². The number of aliphatic carboxylic acids is 1. The summed E-state index contributed by atoms with van der Waals surface area (Å²) in [7, 11) is 0. The fraction of sp³-hybridized carbons (Fsp3) is 0.364. The van der Waals surface area contributed by atoms with Gasteiger partial charge in [0.2, 0.25) is 0 Å². The van der Waals surface area contributed by atoms with Crippen LogP contribution in [0.2, 0.25) is 0 Å². The van der Waals surface area contributed by atoms with Crippen LogP contribution in [-0.4, -0.2) is 21.9 Å². The van der Waals surface area contributed by atoms with Crippen LogP contribution in [-0.2, 0) is 10.2 Å². The number of benzene rings is 1. The van der Waals surface area contributed by atoms with Crippen molar-refractivity contribution in [2.45, 2.75) is 24.7 Å². The van der Waals surface area contributed by atoms with Gasteiger partial charge in [0.15, 0.2) is 5.41 Å². The standard InChI is InChI=1S/C11H9F2NO4/c1-6-2-3-7(14(17)18)4-8(6)10(9(15)16)5-11(10,12)13/h2-4H,5H2,1H3,(H,15,16). The van der Waals surface area contributed by atoms with Crippen molar-refractivity contribution in [3.8, 4) is 0 Å². The molecule has 96 valence electrons. The van der Waals surface area contributed by atoms with Crippen molar-refractivity contribution in [2.24, 2.45) is 0 Å². The van der Waals surface area contributed by atoms with Crippen LogP contribution < -0.4 is 0 Å². The molecular formula is C11H9F2NO4. The predicted molar refractivity (Wildman–Crippen MR) is 56.7 cm³/mol. The number of hydrogen-bond donors (Lipinski definition) is 1. The molecule has 1 aromatic rings. The number of nitro benzene ring substituents is 1. The van der Waals surface area contributed by atoms with E-state index in [1.807, 2.05) is 0 Å². The second kappa shape index (κ2) is 3.47. The van der Waals surface area contributed by atoms with Crippen LogP contribution in [0.3, 0.4) is 0 Å². The van der Waals surface area contributed by atoms with Gasteiger partial charge in [0.1, 0.15) is 0 Å². The number of non-ortho nitro benzene ring substituents is 1. The monoisotopic (exact) mass is 257 g/mol. The number of rotatable bonds is 3.